The predicted octanol–water partition coefficient (Wildman–Crippen LogP) is 6.43. The molecule has 5 rings (SSSR count). The van der Waals surface area contributed by atoms with Gasteiger partial charge in [0.25, 0.3) is 0 Å². The van der Waals surface area contributed by atoms with Crippen molar-refractivity contribution in [1.82, 2.24) is 4.90 Å². The van der Waals surface area contributed by atoms with Crippen LogP contribution in [0.5, 0.6) is 0 Å². The van der Waals surface area contributed by atoms with Gasteiger partial charge < -0.3 is 9.64 Å². The van der Waals surface area contributed by atoms with Gasteiger partial charge in [-0.1, -0.05) is 69.6 Å². The van der Waals surface area contributed by atoms with Crippen molar-refractivity contribution in [3.05, 3.63) is 29.8 Å². The maximum atomic E-state index is 12.1. The van der Waals surface area contributed by atoms with Crippen molar-refractivity contribution in [2.75, 3.05) is 18.6 Å². The minimum absolute atomic E-state index is 0.0839. The Kier molecular flexibility index (Phi) is 7.59. The molecule has 0 amide bonds. The average molecular weight is 453 g/mol. The van der Waals surface area contributed by atoms with Crippen LogP contribution in [-0.2, 0) is 9.53 Å². The van der Waals surface area contributed by atoms with Gasteiger partial charge in [0.15, 0.2) is 0 Å². The van der Waals surface area contributed by atoms with Crippen LogP contribution < -0.4 is 4.90 Å². The molecule has 33 heavy (non-hydrogen) atoms. The zero-order valence-electron chi connectivity index (χ0n) is 20.7. The van der Waals surface area contributed by atoms with E-state index in [1.165, 1.54) is 108 Å². The van der Waals surface area contributed by atoms with Gasteiger partial charge in [-0.25, -0.2) is 0 Å². The van der Waals surface area contributed by atoms with Gasteiger partial charge in [-0.15, -0.1) is 0 Å². The quantitative estimate of drug-likeness (QED) is 0.493. The molecule has 1 aromatic carbocycles. The lowest BCUT2D eigenvalue weighted by molar-refractivity contribution is -0.141. The number of methoxy groups -OCH3 is 1. The maximum absolute atomic E-state index is 12.1. The normalized spacial score (nSPS) is 31.7. The van der Waals surface area contributed by atoms with Crippen LogP contribution in [0.2, 0.25) is 0 Å². The van der Waals surface area contributed by atoms with Crippen molar-refractivity contribution < 1.29 is 9.53 Å². The summed E-state index contributed by atoms with van der Waals surface area (Å²) in [4.78, 5) is 17.8. The lowest BCUT2D eigenvalue weighted by Gasteiger charge is -2.54. The van der Waals surface area contributed by atoms with Crippen LogP contribution in [0.25, 0.3) is 0 Å². The molecule has 3 aliphatic heterocycles. The van der Waals surface area contributed by atoms with Gasteiger partial charge in [0, 0.05) is 42.3 Å². The zero-order valence-corrected chi connectivity index (χ0v) is 20.7. The lowest BCUT2D eigenvalue weighted by atomic mass is 9.78. The van der Waals surface area contributed by atoms with Crippen molar-refractivity contribution >= 4 is 11.7 Å². The van der Waals surface area contributed by atoms with Crippen molar-refractivity contribution in [1.29, 1.82) is 0 Å². The summed E-state index contributed by atoms with van der Waals surface area (Å²) in [6.07, 6.45) is 20.2. The van der Waals surface area contributed by atoms with E-state index in [1.807, 2.05) is 0 Å². The van der Waals surface area contributed by atoms with E-state index < -0.39 is 0 Å². The van der Waals surface area contributed by atoms with Crippen molar-refractivity contribution in [2.24, 2.45) is 0 Å². The summed E-state index contributed by atoms with van der Waals surface area (Å²) in [5.41, 5.74) is 2.73. The fraction of sp³-hybridized carbons (Fsp3) is 0.759. The zero-order chi connectivity index (χ0) is 22.6. The van der Waals surface area contributed by atoms with E-state index in [2.05, 4.69) is 34.1 Å². The molecule has 0 N–H and O–H groups in total. The highest BCUT2D eigenvalue weighted by atomic mass is 16.5. The molecule has 0 radical (unpaired) electrons. The molecular weight excluding hydrogens is 408 g/mol. The Bertz CT molecular complexity index is 772. The first-order chi connectivity index (χ1) is 16.2. The van der Waals surface area contributed by atoms with E-state index >= 15 is 0 Å². The Balaban J connectivity index is 1.31. The molecular formula is C29H44N2O2. The summed E-state index contributed by atoms with van der Waals surface area (Å²) < 4.78 is 5.02. The Labute approximate surface area is 201 Å². The van der Waals surface area contributed by atoms with E-state index in [4.69, 9.17) is 4.74 Å². The molecule has 1 aromatic rings. The van der Waals surface area contributed by atoms with Gasteiger partial charge in [0.2, 0.25) is 0 Å². The number of nitrogens with zero attached hydrogens (tertiary/aromatic N) is 2. The standard InChI is InChI=1S/C29H44N2O2/c1-33-29(32)18-22-21-30(28-17-10-9-16-27(22)28)26-19-24-14-11-15-25(20-26)31(24)23-12-7-5-3-2-4-6-8-13-23/h9-10,16-17,22-26H,2-8,11-15,18-21H2,1H3/t22?,24-,25+,26-. The third-order valence-electron chi connectivity index (χ3n) is 9.19. The van der Waals surface area contributed by atoms with E-state index in [0.29, 0.717) is 12.5 Å². The summed E-state index contributed by atoms with van der Waals surface area (Å²) in [5, 5.41) is 0. The number of rotatable bonds is 4. The third-order valence-corrected chi connectivity index (χ3v) is 9.19. The van der Waals surface area contributed by atoms with Crippen LogP contribution in [0.1, 0.15) is 108 Å². The highest BCUT2D eigenvalue weighted by molar-refractivity contribution is 5.73. The van der Waals surface area contributed by atoms with Gasteiger partial charge in [-0.3, -0.25) is 9.69 Å². The first kappa shape index (κ1) is 23.2. The Morgan fingerprint density at radius 1 is 0.818 bits per heavy atom. The average Bonchev–Trinajstić information content (AvgIpc) is 3.20. The van der Waals surface area contributed by atoms with E-state index in [0.717, 1.165) is 24.7 Å². The number of fused-ring (bicyclic) bond motifs is 3. The smallest absolute Gasteiger partial charge is 0.306 e. The second-order valence-electron chi connectivity index (χ2n) is 11.2. The molecule has 1 saturated carbocycles. The Morgan fingerprint density at radius 3 is 2.09 bits per heavy atom. The predicted molar refractivity (Wildman–Crippen MR) is 135 cm³/mol. The molecule has 4 nitrogen and oxygen atoms in total. The highest BCUT2D eigenvalue weighted by Crippen LogP contribution is 2.45. The number of piperidine rings is 2. The second-order valence-corrected chi connectivity index (χ2v) is 11.2. The number of ether oxygens (including phenoxy) is 1. The molecule has 4 aliphatic rings. The van der Waals surface area contributed by atoms with Crippen LogP contribution in [0.15, 0.2) is 24.3 Å². The monoisotopic (exact) mass is 452 g/mol. The minimum Gasteiger partial charge on any atom is -0.469 e. The summed E-state index contributed by atoms with van der Waals surface area (Å²) >= 11 is 0. The molecule has 1 unspecified atom stereocenters. The molecule has 4 heteroatoms. The first-order valence-electron chi connectivity index (χ1n) is 13.9. The van der Waals surface area contributed by atoms with Gasteiger partial charge in [0.05, 0.1) is 13.5 Å². The molecule has 3 fully saturated rings. The fourth-order valence-corrected chi connectivity index (χ4v) is 7.66. The lowest BCUT2D eigenvalue weighted by Crippen LogP contribution is -2.60. The largest absolute Gasteiger partial charge is 0.469 e. The van der Waals surface area contributed by atoms with Crippen LogP contribution >= 0.6 is 0 Å². The number of anilines is 1. The van der Waals surface area contributed by atoms with E-state index in [1.54, 1.807) is 0 Å². The molecule has 2 bridgehead atoms. The molecule has 0 spiro atoms. The van der Waals surface area contributed by atoms with Crippen LogP contribution in [0, 0.1) is 0 Å². The number of carbonyl (C=O) groups is 1. The van der Waals surface area contributed by atoms with Gasteiger partial charge in [-0.2, -0.15) is 0 Å². The number of benzene rings is 1. The molecule has 4 atom stereocenters. The van der Waals surface area contributed by atoms with Gasteiger partial charge in [-0.05, 0) is 50.2 Å². The number of para-hydroxylation sites is 1. The number of hydrogen-bond acceptors (Lipinski definition) is 4. The molecule has 182 valence electrons. The number of hydrogen-bond donors (Lipinski definition) is 0. The van der Waals surface area contributed by atoms with E-state index in [-0.39, 0.29) is 11.9 Å². The molecule has 1 aliphatic carbocycles. The minimum atomic E-state index is -0.0839. The van der Waals surface area contributed by atoms with Crippen LogP contribution in [0.4, 0.5) is 5.69 Å². The van der Waals surface area contributed by atoms with Gasteiger partial charge in [0.1, 0.15) is 0 Å². The number of esters is 1. The SMILES string of the molecule is COC(=O)CC1CN([C@@H]2C[C@H]3CCC[C@@H](C2)N3C2CCCCCCCCC2)c2ccccc21. The van der Waals surface area contributed by atoms with Crippen molar-refractivity contribution in [3.8, 4) is 0 Å². The number of carbonyl (C=O) groups excluding carboxylic acids is 1. The maximum Gasteiger partial charge on any atom is 0.306 e. The molecule has 3 heterocycles. The summed E-state index contributed by atoms with van der Waals surface area (Å²) in [6.45, 7) is 0.974. The summed E-state index contributed by atoms with van der Waals surface area (Å²) in [5.74, 6) is 0.184. The van der Waals surface area contributed by atoms with Crippen molar-refractivity contribution in [3.63, 3.8) is 0 Å². The Hall–Kier alpha value is -1.55. The highest BCUT2D eigenvalue weighted by Gasteiger charge is 2.44. The van der Waals surface area contributed by atoms with E-state index in [9.17, 15) is 4.79 Å². The van der Waals surface area contributed by atoms with Crippen LogP contribution in [0.3, 0.4) is 0 Å². The summed E-state index contributed by atoms with van der Waals surface area (Å²) in [7, 11) is 1.51. The first-order valence-corrected chi connectivity index (χ1v) is 13.9. The second kappa shape index (κ2) is 10.8. The van der Waals surface area contributed by atoms with Crippen molar-refractivity contribution in [2.45, 2.75) is 126 Å². The van der Waals surface area contributed by atoms with Crippen LogP contribution in [-0.4, -0.2) is 48.7 Å². The topological polar surface area (TPSA) is 32.8 Å². The third kappa shape index (κ3) is 5.11. The molecule has 0 aromatic heterocycles. The summed E-state index contributed by atoms with van der Waals surface area (Å²) in [6, 6.07) is 11.8. The van der Waals surface area contributed by atoms with Gasteiger partial charge >= 0.3 is 5.97 Å². The Morgan fingerprint density at radius 2 is 1.42 bits per heavy atom. The fourth-order valence-electron chi connectivity index (χ4n) is 7.66. The molecule has 2 saturated heterocycles.